The van der Waals surface area contributed by atoms with Crippen LogP contribution in [0.1, 0.15) is 30.4 Å². The lowest BCUT2D eigenvalue weighted by molar-refractivity contribution is 0.346. The maximum Gasteiger partial charge on any atom is 0.243 e. The van der Waals surface area contributed by atoms with E-state index in [-0.39, 0.29) is 0 Å². The van der Waals surface area contributed by atoms with Crippen molar-refractivity contribution >= 4 is 27.0 Å². The number of benzene rings is 3. The molecule has 0 spiro atoms. The lowest BCUT2D eigenvalue weighted by atomic mass is 10.1. The molecule has 4 aromatic rings. The van der Waals surface area contributed by atoms with Crippen LogP contribution in [-0.4, -0.2) is 30.4 Å². The minimum atomic E-state index is -3.51. The van der Waals surface area contributed by atoms with E-state index in [9.17, 15) is 8.42 Å². The summed E-state index contributed by atoms with van der Waals surface area (Å²) >= 11 is 1.57. The van der Waals surface area contributed by atoms with Gasteiger partial charge in [0.2, 0.25) is 10.0 Å². The molecule has 1 aliphatic heterocycles. The van der Waals surface area contributed by atoms with Gasteiger partial charge in [-0.15, -0.1) is 11.3 Å². The van der Waals surface area contributed by atoms with Gasteiger partial charge in [-0.05, 0) is 49.6 Å². The van der Waals surface area contributed by atoms with Crippen molar-refractivity contribution in [2.24, 2.45) is 4.99 Å². The van der Waals surface area contributed by atoms with Gasteiger partial charge >= 0.3 is 0 Å². The highest BCUT2D eigenvalue weighted by molar-refractivity contribution is 7.89. The average molecular weight is 504 g/mol. The number of aromatic nitrogens is 1. The summed E-state index contributed by atoms with van der Waals surface area (Å²) in [5.74, 6) is 0. The first kappa shape index (κ1) is 23.7. The number of rotatable bonds is 6. The van der Waals surface area contributed by atoms with Gasteiger partial charge in [0.15, 0.2) is 4.80 Å². The molecule has 0 amide bonds. The molecule has 0 atom stereocenters. The fourth-order valence-electron chi connectivity index (χ4n) is 4.36. The molecule has 5 rings (SSSR count). The summed E-state index contributed by atoms with van der Waals surface area (Å²) in [6.45, 7) is 3.92. The molecule has 2 heterocycles. The number of hydrogen-bond donors (Lipinski definition) is 0. The van der Waals surface area contributed by atoms with Crippen molar-refractivity contribution in [1.82, 2.24) is 8.87 Å². The number of para-hydroxylation sites is 1. The van der Waals surface area contributed by atoms with E-state index >= 15 is 0 Å². The van der Waals surface area contributed by atoms with Crippen LogP contribution in [-0.2, 0) is 16.6 Å². The predicted molar refractivity (Wildman–Crippen MR) is 142 cm³/mol. The molecule has 3 aromatic carbocycles. The number of aryl methyl sites for hydroxylation is 1. The topological polar surface area (TPSA) is 54.7 Å². The molecular formula is C28H29N3O2S2. The van der Waals surface area contributed by atoms with Crippen molar-refractivity contribution in [2.75, 3.05) is 13.1 Å². The van der Waals surface area contributed by atoms with Crippen LogP contribution >= 0.6 is 11.3 Å². The molecule has 0 radical (unpaired) electrons. The number of nitrogens with zero attached hydrogens (tertiary/aromatic N) is 3. The summed E-state index contributed by atoms with van der Waals surface area (Å²) in [5, 5.41) is 2.07. The van der Waals surface area contributed by atoms with Crippen LogP contribution < -0.4 is 4.80 Å². The predicted octanol–water partition coefficient (Wildman–Crippen LogP) is 5.98. The van der Waals surface area contributed by atoms with Crippen molar-refractivity contribution in [2.45, 2.75) is 37.6 Å². The van der Waals surface area contributed by atoms with E-state index in [0.717, 1.165) is 41.0 Å². The van der Waals surface area contributed by atoms with Crippen LogP contribution in [0.2, 0.25) is 0 Å². The first-order valence-electron chi connectivity index (χ1n) is 11.9. The Balaban J connectivity index is 1.59. The van der Waals surface area contributed by atoms with Gasteiger partial charge in [0.05, 0.1) is 22.8 Å². The number of thiazole rings is 1. The summed E-state index contributed by atoms with van der Waals surface area (Å²) in [6.07, 6.45) is 2.93. The second-order valence-electron chi connectivity index (χ2n) is 8.92. The fraction of sp³-hybridized carbons (Fsp3) is 0.250. The van der Waals surface area contributed by atoms with Crippen LogP contribution in [0.15, 0.2) is 94.1 Å². The number of sulfonamides is 1. The summed E-state index contributed by atoms with van der Waals surface area (Å²) in [6, 6.07) is 25.7. The molecule has 1 fully saturated rings. The monoisotopic (exact) mass is 503 g/mol. The number of hydrogen-bond acceptors (Lipinski definition) is 4. The summed E-state index contributed by atoms with van der Waals surface area (Å²) in [5.41, 5.74) is 5.11. The zero-order chi connectivity index (χ0) is 24.3. The van der Waals surface area contributed by atoms with Crippen molar-refractivity contribution in [1.29, 1.82) is 0 Å². The summed E-state index contributed by atoms with van der Waals surface area (Å²) in [7, 11) is -3.51. The molecule has 1 saturated heterocycles. The Labute approximate surface area is 211 Å². The van der Waals surface area contributed by atoms with Crippen LogP contribution in [0, 0.1) is 6.92 Å². The average Bonchev–Trinajstić information content (AvgIpc) is 3.28. The zero-order valence-electron chi connectivity index (χ0n) is 19.8. The Morgan fingerprint density at radius 2 is 1.63 bits per heavy atom. The lowest BCUT2D eigenvalue weighted by Gasteiger charge is -2.26. The molecule has 35 heavy (non-hydrogen) atoms. The normalized spacial score (nSPS) is 15.4. The smallest absolute Gasteiger partial charge is 0.243 e. The fourth-order valence-corrected chi connectivity index (χ4v) is 6.85. The van der Waals surface area contributed by atoms with Crippen LogP contribution in [0.3, 0.4) is 0 Å². The van der Waals surface area contributed by atoms with E-state index in [4.69, 9.17) is 4.99 Å². The number of piperidine rings is 1. The Morgan fingerprint density at radius 3 is 2.37 bits per heavy atom. The van der Waals surface area contributed by atoms with E-state index in [1.165, 1.54) is 11.1 Å². The standard InChI is InChI=1S/C28H29N3O2S2/c1-22-13-15-23(16-14-22)20-31-27(21-34-28(31)29-25-10-4-2-5-11-25)24-9-8-12-26(19-24)35(32,33)30-17-6-3-7-18-30/h2,4-5,8-16,19,21H,3,6-7,17-18,20H2,1H3. The van der Waals surface area contributed by atoms with Crippen LogP contribution in [0.25, 0.3) is 11.3 Å². The van der Waals surface area contributed by atoms with Crippen molar-refractivity contribution < 1.29 is 8.42 Å². The highest BCUT2D eigenvalue weighted by Crippen LogP contribution is 2.27. The van der Waals surface area contributed by atoms with Gasteiger partial charge < -0.3 is 4.57 Å². The molecule has 7 heteroatoms. The largest absolute Gasteiger partial charge is 0.312 e. The Hall–Kier alpha value is -3.00. The quantitative estimate of drug-likeness (QED) is 0.325. The molecule has 0 bridgehead atoms. The maximum atomic E-state index is 13.3. The Morgan fingerprint density at radius 1 is 0.886 bits per heavy atom. The van der Waals surface area contributed by atoms with E-state index in [1.807, 2.05) is 48.5 Å². The third-order valence-corrected chi connectivity index (χ3v) is 9.08. The SMILES string of the molecule is Cc1ccc(Cn2c(-c3cccc(S(=O)(=O)N4CCCCC4)c3)csc2=Nc2ccccc2)cc1. The second kappa shape index (κ2) is 10.3. The Kier molecular flexibility index (Phi) is 7.00. The lowest BCUT2D eigenvalue weighted by Crippen LogP contribution is -2.35. The molecule has 1 aromatic heterocycles. The zero-order valence-corrected chi connectivity index (χ0v) is 21.4. The second-order valence-corrected chi connectivity index (χ2v) is 11.7. The molecule has 5 nitrogen and oxygen atoms in total. The molecule has 0 aliphatic carbocycles. The third kappa shape index (κ3) is 5.32. The molecule has 0 unspecified atom stereocenters. The molecule has 0 saturated carbocycles. The molecule has 1 aliphatic rings. The molecule has 180 valence electrons. The molecule has 0 N–H and O–H groups in total. The van der Waals surface area contributed by atoms with Crippen molar-refractivity contribution in [3.8, 4) is 11.3 Å². The summed E-state index contributed by atoms with van der Waals surface area (Å²) < 4.78 is 30.5. The molecular weight excluding hydrogens is 474 g/mol. The third-order valence-electron chi connectivity index (χ3n) is 6.32. The van der Waals surface area contributed by atoms with Crippen molar-refractivity contribution in [3.63, 3.8) is 0 Å². The van der Waals surface area contributed by atoms with Crippen LogP contribution in [0.5, 0.6) is 0 Å². The van der Waals surface area contributed by atoms with Crippen LogP contribution in [0.4, 0.5) is 5.69 Å². The van der Waals surface area contributed by atoms with Gasteiger partial charge in [-0.2, -0.15) is 4.31 Å². The Bertz CT molecular complexity index is 1460. The highest BCUT2D eigenvalue weighted by Gasteiger charge is 2.26. The van der Waals surface area contributed by atoms with Gasteiger partial charge in [0, 0.05) is 24.0 Å². The van der Waals surface area contributed by atoms with Gasteiger partial charge in [-0.3, -0.25) is 0 Å². The summed E-state index contributed by atoms with van der Waals surface area (Å²) in [4.78, 5) is 6.13. The van der Waals surface area contributed by atoms with E-state index in [0.29, 0.717) is 24.5 Å². The first-order valence-corrected chi connectivity index (χ1v) is 14.3. The first-order chi connectivity index (χ1) is 17.0. The minimum Gasteiger partial charge on any atom is -0.312 e. The van der Waals surface area contributed by atoms with Gasteiger partial charge in [0.25, 0.3) is 0 Å². The van der Waals surface area contributed by atoms with Crippen molar-refractivity contribution in [3.05, 3.63) is 100 Å². The van der Waals surface area contributed by atoms with Gasteiger partial charge in [0.1, 0.15) is 0 Å². The van der Waals surface area contributed by atoms with E-state index < -0.39 is 10.0 Å². The minimum absolute atomic E-state index is 0.353. The van der Waals surface area contributed by atoms with E-state index in [1.54, 1.807) is 21.7 Å². The highest BCUT2D eigenvalue weighted by atomic mass is 32.2. The van der Waals surface area contributed by atoms with Gasteiger partial charge in [-0.1, -0.05) is 66.6 Å². The van der Waals surface area contributed by atoms with E-state index in [2.05, 4.69) is 41.1 Å². The van der Waals surface area contributed by atoms with Gasteiger partial charge in [-0.25, -0.2) is 13.4 Å². The maximum absolute atomic E-state index is 13.3.